The molecule has 0 unspecified atom stereocenters. The Kier molecular flexibility index (Phi) is 12.1. The van der Waals surface area contributed by atoms with Crippen molar-refractivity contribution < 1.29 is 28.6 Å². The highest BCUT2D eigenvalue weighted by molar-refractivity contribution is 5.66. The SMILES string of the molecule is CCc1oc([C@H](C)[C@H](OC(C)=O)[C@@H](C)[C@H](O)/C(C)=C/[C@@H](C)c2oc([C@@H](C)[C@@H](O)CC)c(C)c(=O)c2C)c(C)c(=O)c1C. The van der Waals surface area contributed by atoms with Gasteiger partial charge in [0.25, 0.3) is 0 Å². The van der Waals surface area contributed by atoms with Gasteiger partial charge in [-0.2, -0.15) is 0 Å². The molecule has 0 spiro atoms. The van der Waals surface area contributed by atoms with Crippen molar-refractivity contribution in [1.29, 1.82) is 0 Å². The zero-order valence-electron chi connectivity index (χ0n) is 27.4. The van der Waals surface area contributed by atoms with Gasteiger partial charge in [-0.1, -0.05) is 47.6 Å². The highest BCUT2D eigenvalue weighted by Crippen LogP contribution is 2.34. The van der Waals surface area contributed by atoms with Crippen LogP contribution < -0.4 is 10.9 Å². The fourth-order valence-electron chi connectivity index (χ4n) is 5.92. The Hall–Kier alpha value is -2.97. The molecular formula is C34H50O8. The summed E-state index contributed by atoms with van der Waals surface area (Å²) in [6.45, 7) is 21.1. The molecule has 0 saturated heterocycles. The zero-order valence-corrected chi connectivity index (χ0v) is 27.4. The van der Waals surface area contributed by atoms with Gasteiger partial charge >= 0.3 is 5.97 Å². The summed E-state index contributed by atoms with van der Waals surface area (Å²) in [5.41, 5.74) is 2.38. The molecule has 2 rings (SSSR count). The second-order valence-electron chi connectivity index (χ2n) is 11.9. The first kappa shape index (κ1) is 35.2. The monoisotopic (exact) mass is 586 g/mol. The molecule has 0 radical (unpaired) electrons. The number of aliphatic hydroxyl groups is 2. The van der Waals surface area contributed by atoms with Gasteiger partial charge in [0, 0.05) is 53.4 Å². The Morgan fingerprint density at radius 1 is 0.810 bits per heavy atom. The van der Waals surface area contributed by atoms with Gasteiger partial charge in [0.2, 0.25) is 0 Å². The van der Waals surface area contributed by atoms with E-state index in [-0.39, 0.29) is 22.7 Å². The third-order valence-corrected chi connectivity index (χ3v) is 8.69. The summed E-state index contributed by atoms with van der Waals surface area (Å²) in [5, 5.41) is 21.9. The number of carbonyl (C=O) groups is 1. The quantitative estimate of drug-likeness (QED) is 0.227. The molecule has 7 atom stereocenters. The highest BCUT2D eigenvalue weighted by Gasteiger charge is 2.36. The maximum absolute atomic E-state index is 13.1. The molecule has 2 aromatic rings. The fourth-order valence-corrected chi connectivity index (χ4v) is 5.92. The highest BCUT2D eigenvalue weighted by atomic mass is 16.5. The van der Waals surface area contributed by atoms with Crippen LogP contribution in [0.5, 0.6) is 0 Å². The van der Waals surface area contributed by atoms with Crippen LogP contribution in [0.15, 0.2) is 30.1 Å². The second-order valence-corrected chi connectivity index (χ2v) is 11.9. The van der Waals surface area contributed by atoms with Gasteiger partial charge in [0.15, 0.2) is 10.9 Å². The van der Waals surface area contributed by atoms with E-state index >= 15 is 0 Å². The lowest BCUT2D eigenvalue weighted by Gasteiger charge is -2.32. The molecule has 8 heteroatoms. The number of hydrogen-bond acceptors (Lipinski definition) is 8. The van der Waals surface area contributed by atoms with Crippen molar-refractivity contribution in [3.8, 4) is 0 Å². The van der Waals surface area contributed by atoms with E-state index in [9.17, 15) is 24.6 Å². The minimum absolute atomic E-state index is 0.102. The largest absolute Gasteiger partial charge is 0.465 e. The number of rotatable bonds is 12. The third kappa shape index (κ3) is 7.32. The van der Waals surface area contributed by atoms with Crippen LogP contribution in [0.1, 0.15) is 125 Å². The van der Waals surface area contributed by atoms with Crippen molar-refractivity contribution in [3.05, 3.63) is 77.4 Å². The van der Waals surface area contributed by atoms with Gasteiger partial charge in [-0.3, -0.25) is 14.4 Å². The van der Waals surface area contributed by atoms with Gasteiger partial charge in [-0.15, -0.1) is 0 Å². The Bertz CT molecular complexity index is 1410. The summed E-state index contributed by atoms with van der Waals surface area (Å²) in [7, 11) is 0. The van der Waals surface area contributed by atoms with Crippen molar-refractivity contribution in [2.45, 2.75) is 132 Å². The summed E-state index contributed by atoms with van der Waals surface area (Å²) in [5.74, 6) is -0.322. The Morgan fingerprint density at radius 2 is 1.31 bits per heavy atom. The van der Waals surface area contributed by atoms with Crippen molar-refractivity contribution in [1.82, 2.24) is 0 Å². The molecule has 0 amide bonds. The molecule has 2 heterocycles. The van der Waals surface area contributed by atoms with Crippen molar-refractivity contribution in [3.63, 3.8) is 0 Å². The smallest absolute Gasteiger partial charge is 0.302 e. The molecule has 0 bridgehead atoms. The maximum Gasteiger partial charge on any atom is 0.302 e. The van der Waals surface area contributed by atoms with Gasteiger partial charge in [-0.25, -0.2) is 0 Å². The Balaban J connectivity index is 2.50. The van der Waals surface area contributed by atoms with Crippen LogP contribution in [0.2, 0.25) is 0 Å². The van der Waals surface area contributed by atoms with E-state index in [0.717, 1.165) is 0 Å². The molecule has 8 nitrogen and oxygen atoms in total. The molecular weight excluding hydrogens is 536 g/mol. The normalized spacial score (nSPS) is 17.2. The fraction of sp³-hybridized carbons (Fsp3) is 0.618. The summed E-state index contributed by atoms with van der Waals surface area (Å²) in [4.78, 5) is 38.2. The molecule has 0 fully saturated rings. The van der Waals surface area contributed by atoms with Crippen LogP contribution in [0.25, 0.3) is 0 Å². The van der Waals surface area contributed by atoms with Crippen LogP contribution in [0, 0.1) is 33.6 Å². The van der Waals surface area contributed by atoms with E-state index in [0.29, 0.717) is 63.7 Å². The molecule has 0 aromatic carbocycles. The Morgan fingerprint density at radius 3 is 1.81 bits per heavy atom. The Labute approximate surface area is 249 Å². The standard InChI is InChI=1S/C34H50O8/c1-13-26(36)18(5)32-23(10)30(39)21(8)31(42-32)17(4)15-16(3)28(37)20(7)33(40-25(12)35)24(11)34-22(9)29(38)19(6)27(14-2)41-34/h15,17-18,20,24,26,28,33,36-37H,13-14H2,1-12H3/b16-15+/t17-,18+,20+,24-,26+,28-,33-/m1/s1. The summed E-state index contributed by atoms with van der Waals surface area (Å²) >= 11 is 0. The summed E-state index contributed by atoms with van der Waals surface area (Å²) in [6.07, 6.45) is 0.470. The lowest BCUT2D eigenvalue weighted by atomic mass is 9.83. The number of hydrogen-bond donors (Lipinski definition) is 2. The molecule has 0 aliphatic carbocycles. The summed E-state index contributed by atoms with van der Waals surface area (Å²) < 4.78 is 18.1. The number of allylic oxidation sites excluding steroid dienone is 1. The lowest BCUT2D eigenvalue weighted by molar-refractivity contribution is -0.152. The molecule has 234 valence electrons. The van der Waals surface area contributed by atoms with E-state index in [2.05, 4.69) is 0 Å². The average molecular weight is 587 g/mol. The molecule has 0 aliphatic heterocycles. The molecule has 2 aromatic heterocycles. The van der Waals surface area contributed by atoms with Crippen LogP contribution in [0.3, 0.4) is 0 Å². The molecule has 42 heavy (non-hydrogen) atoms. The maximum atomic E-state index is 13.1. The lowest BCUT2D eigenvalue weighted by Crippen LogP contribution is -2.38. The van der Waals surface area contributed by atoms with Gasteiger partial charge < -0.3 is 23.8 Å². The average Bonchev–Trinajstić information content (AvgIpc) is 2.95. The zero-order chi connectivity index (χ0) is 32.2. The van der Waals surface area contributed by atoms with E-state index in [1.165, 1.54) is 6.92 Å². The van der Waals surface area contributed by atoms with Gasteiger partial charge in [-0.05, 0) is 46.6 Å². The third-order valence-electron chi connectivity index (χ3n) is 8.69. The first-order valence-electron chi connectivity index (χ1n) is 15.0. The topological polar surface area (TPSA) is 127 Å². The molecule has 0 aliphatic rings. The number of aryl methyl sites for hydroxylation is 1. The molecule has 2 N–H and O–H groups in total. The van der Waals surface area contributed by atoms with E-state index in [4.69, 9.17) is 13.6 Å². The van der Waals surface area contributed by atoms with Crippen LogP contribution >= 0.6 is 0 Å². The van der Waals surface area contributed by atoms with Gasteiger partial charge in [0.05, 0.1) is 18.1 Å². The summed E-state index contributed by atoms with van der Waals surface area (Å²) in [6, 6.07) is 0. The van der Waals surface area contributed by atoms with Crippen molar-refractivity contribution in [2.75, 3.05) is 0 Å². The van der Waals surface area contributed by atoms with Crippen LogP contribution in [0.4, 0.5) is 0 Å². The minimum Gasteiger partial charge on any atom is -0.465 e. The number of ether oxygens (including phenoxy) is 1. The minimum atomic E-state index is -1.01. The first-order valence-corrected chi connectivity index (χ1v) is 15.0. The first-order chi connectivity index (χ1) is 19.5. The predicted molar refractivity (Wildman–Crippen MR) is 164 cm³/mol. The van der Waals surface area contributed by atoms with Crippen molar-refractivity contribution >= 4 is 5.97 Å². The number of aliphatic hydroxyl groups excluding tert-OH is 2. The molecule has 0 saturated carbocycles. The van der Waals surface area contributed by atoms with Crippen LogP contribution in [-0.4, -0.2) is 34.5 Å². The van der Waals surface area contributed by atoms with E-state index < -0.39 is 36.1 Å². The number of esters is 1. The van der Waals surface area contributed by atoms with E-state index in [1.807, 2.05) is 40.7 Å². The van der Waals surface area contributed by atoms with Gasteiger partial charge in [0.1, 0.15) is 29.1 Å². The van der Waals surface area contributed by atoms with Crippen LogP contribution in [-0.2, 0) is 16.0 Å². The number of carbonyl (C=O) groups excluding carboxylic acids is 1. The van der Waals surface area contributed by atoms with Crippen molar-refractivity contribution in [2.24, 2.45) is 5.92 Å². The second kappa shape index (κ2) is 14.5. The predicted octanol–water partition coefficient (Wildman–Crippen LogP) is 6.05. The van der Waals surface area contributed by atoms with E-state index in [1.54, 1.807) is 41.5 Å².